The number of pyridine rings is 1. The van der Waals surface area contributed by atoms with Crippen molar-refractivity contribution in [2.24, 2.45) is 0 Å². The Balaban J connectivity index is 1.98. The van der Waals surface area contributed by atoms with Crippen molar-refractivity contribution in [3.63, 3.8) is 0 Å². The van der Waals surface area contributed by atoms with Gasteiger partial charge < -0.3 is 10.1 Å². The van der Waals surface area contributed by atoms with Crippen LogP contribution in [0.4, 0.5) is 0 Å². The number of ether oxygens (including phenoxy) is 1. The van der Waals surface area contributed by atoms with Crippen LogP contribution in [0.3, 0.4) is 0 Å². The second-order valence-electron chi connectivity index (χ2n) is 4.93. The van der Waals surface area contributed by atoms with Gasteiger partial charge in [0.2, 0.25) is 0 Å². The van der Waals surface area contributed by atoms with Crippen molar-refractivity contribution >= 4 is 22.8 Å². The Hall–Kier alpha value is -2.43. The number of benzene rings is 1. The smallest absolute Gasteiger partial charge is 0.307 e. The van der Waals surface area contributed by atoms with Crippen molar-refractivity contribution in [3.8, 4) is 0 Å². The molecule has 1 heterocycles. The first-order valence-electron chi connectivity index (χ1n) is 6.89. The van der Waals surface area contributed by atoms with E-state index in [-0.39, 0.29) is 30.9 Å². The number of rotatable bonds is 5. The first-order valence-corrected chi connectivity index (χ1v) is 6.89. The van der Waals surface area contributed by atoms with Gasteiger partial charge in [0, 0.05) is 18.1 Å². The van der Waals surface area contributed by atoms with Crippen LogP contribution in [0.2, 0.25) is 0 Å². The topological polar surface area (TPSA) is 68.3 Å². The van der Waals surface area contributed by atoms with Gasteiger partial charge in [0.25, 0.3) is 5.91 Å². The van der Waals surface area contributed by atoms with Gasteiger partial charge in [-0.15, -0.1) is 0 Å². The molecule has 0 saturated heterocycles. The molecule has 2 rings (SSSR count). The standard InChI is InChI=1S/C16H18N2O3/c1-11(2)21-14(19)8-10-18-16(20)13-7-3-5-12-6-4-9-17-15(12)13/h3-7,9,11H,8,10H2,1-2H3,(H,18,20). The van der Waals surface area contributed by atoms with Crippen LogP contribution in [0.25, 0.3) is 10.9 Å². The quantitative estimate of drug-likeness (QED) is 0.856. The molecule has 1 N–H and O–H groups in total. The van der Waals surface area contributed by atoms with Crippen LogP contribution in [-0.2, 0) is 9.53 Å². The van der Waals surface area contributed by atoms with Crippen molar-refractivity contribution in [1.82, 2.24) is 10.3 Å². The molecule has 0 fully saturated rings. The highest BCUT2D eigenvalue weighted by Gasteiger charge is 2.11. The van der Waals surface area contributed by atoms with E-state index in [1.807, 2.05) is 24.3 Å². The van der Waals surface area contributed by atoms with E-state index < -0.39 is 0 Å². The van der Waals surface area contributed by atoms with Gasteiger partial charge in [-0.1, -0.05) is 18.2 Å². The maximum atomic E-state index is 12.2. The Morgan fingerprint density at radius 2 is 2.00 bits per heavy atom. The SMILES string of the molecule is CC(C)OC(=O)CCNC(=O)c1cccc2cccnc12. The lowest BCUT2D eigenvalue weighted by molar-refractivity contribution is -0.147. The Morgan fingerprint density at radius 3 is 2.76 bits per heavy atom. The molecule has 0 bridgehead atoms. The van der Waals surface area contributed by atoms with Gasteiger partial charge in [0.1, 0.15) is 0 Å². The maximum absolute atomic E-state index is 12.2. The number of nitrogens with one attached hydrogen (secondary N) is 1. The van der Waals surface area contributed by atoms with Gasteiger partial charge >= 0.3 is 5.97 Å². The van der Waals surface area contributed by atoms with Gasteiger partial charge in [-0.25, -0.2) is 0 Å². The monoisotopic (exact) mass is 286 g/mol. The zero-order valence-corrected chi connectivity index (χ0v) is 12.1. The van der Waals surface area contributed by atoms with Gasteiger partial charge in [-0.2, -0.15) is 0 Å². The summed E-state index contributed by atoms with van der Waals surface area (Å²) in [5.74, 6) is -0.557. The summed E-state index contributed by atoms with van der Waals surface area (Å²) in [5.41, 5.74) is 1.16. The second-order valence-corrected chi connectivity index (χ2v) is 4.93. The van der Waals surface area contributed by atoms with E-state index >= 15 is 0 Å². The van der Waals surface area contributed by atoms with E-state index in [1.165, 1.54) is 0 Å². The summed E-state index contributed by atoms with van der Waals surface area (Å²) in [7, 11) is 0. The molecule has 0 radical (unpaired) electrons. The van der Waals surface area contributed by atoms with Crippen LogP contribution < -0.4 is 5.32 Å². The molecular formula is C16H18N2O3. The third kappa shape index (κ3) is 4.02. The highest BCUT2D eigenvalue weighted by molar-refractivity contribution is 6.05. The number of amides is 1. The number of aromatic nitrogens is 1. The zero-order valence-electron chi connectivity index (χ0n) is 12.1. The Labute approximate surface area is 123 Å². The van der Waals surface area contributed by atoms with E-state index in [0.717, 1.165) is 5.39 Å². The lowest BCUT2D eigenvalue weighted by atomic mass is 10.1. The van der Waals surface area contributed by atoms with Crippen molar-refractivity contribution in [2.75, 3.05) is 6.54 Å². The van der Waals surface area contributed by atoms with E-state index in [4.69, 9.17) is 4.74 Å². The average molecular weight is 286 g/mol. The zero-order chi connectivity index (χ0) is 15.2. The van der Waals surface area contributed by atoms with Crippen LogP contribution in [-0.4, -0.2) is 29.5 Å². The summed E-state index contributed by atoms with van der Waals surface area (Å²) in [6, 6.07) is 9.16. The van der Waals surface area contributed by atoms with E-state index in [1.54, 1.807) is 26.1 Å². The van der Waals surface area contributed by atoms with Crippen molar-refractivity contribution < 1.29 is 14.3 Å². The first-order chi connectivity index (χ1) is 10.1. The summed E-state index contributed by atoms with van der Waals surface area (Å²) in [4.78, 5) is 27.8. The van der Waals surface area contributed by atoms with Crippen molar-refractivity contribution in [3.05, 3.63) is 42.1 Å². The molecule has 110 valence electrons. The molecule has 0 saturated carbocycles. The third-order valence-electron chi connectivity index (χ3n) is 2.86. The number of hydrogen-bond acceptors (Lipinski definition) is 4. The summed E-state index contributed by atoms with van der Waals surface area (Å²) in [5, 5.41) is 3.62. The molecular weight excluding hydrogens is 268 g/mol. The molecule has 0 atom stereocenters. The highest BCUT2D eigenvalue weighted by atomic mass is 16.5. The number of carbonyl (C=O) groups excluding carboxylic acids is 2. The summed E-state index contributed by atoms with van der Waals surface area (Å²) in [6.45, 7) is 3.82. The molecule has 0 aliphatic rings. The second kappa shape index (κ2) is 6.83. The van der Waals surface area contributed by atoms with Crippen molar-refractivity contribution in [1.29, 1.82) is 0 Å². The van der Waals surface area contributed by atoms with Gasteiger partial charge in [-0.3, -0.25) is 14.6 Å². The lowest BCUT2D eigenvalue weighted by Crippen LogP contribution is -2.27. The molecule has 0 unspecified atom stereocenters. The van der Waals surface area contributed by atoms with E-state index in [0.29, 0.717) is 11.1 Å². The largest absolute Gasteiger partial charge is 0.463 e. The fourth-order valence-electron chi connectivity index (χ4n) is 1.98. The third-order valence-corrected chi connectivity index (χ3v) is 2.86. The molecule has 2 aromatic rings. The number of carbonyl (C=O) groups is 2. The lowest BCUT2D eigenvalue weighted by Gasteiger charge is -2.09. The molecule has 5 nitrogen and oxygen atoms in total. The molecule has 21 heavy (non-hydrogen) atoms. The molecule has 1 aromatic carbocycles. The minimum absolute atomic E-state index is 0.143. The van der Waals surface area contributed by atoms with Crippen LogP contribution in [0.1, 0.15) is 30.6 Å². The number of para-hydroxylation sites is 1. The maximum Gasteiger partial charge on any atom is 0.307 e. The van der Waals surface area contributed by atoms with Gasteiger partial charge in [0.15, 0.2) is 0 Å². The van der Waals surface area contributed by atoms with Crippen LogP contribution in [0.15, 0.2) is 36.5 Å². The summed E-state index contributed by atoms with van der Waals surface area (Å²) >= 11 is 0. The summed E-state index contributed by atoms with van der Waals surface area (Å²) < 4.78 is 5.01. The molecule has 0 aliphatic carbocycles. The molecule has 0 aliphatic heterocycles. The van der Waals surface area contributed by atoms with Crippen LogP contribution in [0, 0.1) is 0 Å². The van der Waals surface area contributed by atoms with Crippen LogP contribution in [0.5, 0.6) is 0 Å². The number of nitrogens with zero attached hydrogens (tertiary/aromatic N) is 1. The van der Waals surface area contributed by atoms with Gasteiger partial charge in [0.05, 0.1) is 23.6 Å². The van der Waals surface area contributed by atoms with Gasteiger partial charge in [-0.05, 0) is 26.0 Å². The first kappa shape index (κ1) is 15.0. The molecule has 0 spiro atoms. The fourth-order valence-corrected chi connectivity index (χ4v) is 1.98. The number of esters is 1. The van der Waals surface area contributed by atoms with E-state index in [2.05, 4.69) is 10.3 Å². The molecule has 1 aromatic heterocycles. The minimum Gasteiger partial charge on any atom is -0.463 e. The number of hydrogen-bond donors (Lipinski definition) is 1. The normalized spacial score (nSPS) is 10.6. The molecule has 1 amide bonds. The summed E-state index contributed by atoms with van der Waals surface area (Å²) in [6.07, 6.45) is 1.66. The minimum atomic E-state index is -0.318. The van der Waals surface area contributed by atoms with Crippen molar-refractivity contribution in [2.45, 2.75) is 26.4 Å². The molecule has 5 heteroatoms. The van der Waals surface area contributed by atoms with Crippen LogP contribution >= 0.6 is 0 Å². The Morgan fingerprint density at radius 1 is 1.24 bits per heavy atom. The average Bonchev–Trinajstić information content (AvgIpc) is 2.45. The van der Waals surface area contributed by atoms with E-state index in [9.17, 15) is 9.59 Å². The Kier molecular flexibility index (Phi) is 4.87. The predicted molar refractivity (Wildman–Crippen MR) is 79.9 cm³/mol. The highest BCUT2D eigenvalue weighted by Crippen LogP contribution is 2.15. The number of fused-ring (bicyclic) bond motifs is 1. The Bertz CT molecular complexity index is 648. The fraction of sp³-hybridized carbons (Fsp3) is 0.312. The predicted octanol–water partition coefficient (Wildman–Crippen LogP) is 2.31.